The molecule has 0 N–H and O–H groups in total. The second kappa shape index (κ2) is 6.70. The summed E-state index contributed by atoms with van der Waals surface area (Å²) in [5.41, 5.74) is 1.17. The van der Waals surface area contributed by atoms with Gasteiger partial charge in [-0.2, -0.15) is 0 Å². The number of nitrogens with zero attached hydrogens (tertiary/aromatic N) is 1. The molecule has 0 radical (unpaired) electrons. The number of thiophene rings is 1. The summed E-state index contributed by atoms with van der Waals surface area (Å²) in [6, 6.07) is 2.03. The third-order valence-electron chi connectivity index (χ3n) is 3.55. The van der Waals surface area contributed by atoms with E-state index in [1.165, 1.54) is 12.7 Å². The van der Waals surface area contributed by atoms with E-state index in [1.54, 1.807) is 22.3 Å². The average Bonchev–Trinajstić information content (AvgIpc) is 2.89. The van der Waals surface area contributed by atoms with Gasteiger partial charge in [-0.1, -0.05) is 0 Å². The molecule has 2 rings (SSSR count). The first kappa shape index (κ1) is 14.8. The van der Waals surface area contributed by atoms with Crippen molar-refractivity contribution in [2.75, 3.05) is 20.2 Å². The zero-order valence-corrected chi connectivity index (χ0v) is 12.6. The van der Waals surface area contributed by atoms with Crippen molar-refractivity contribution >= 4 is 29.3 Å². The average molecular weight is 293 g/mol. The van der Waals surface area contributed by atoms with Gasteiger partial charge >= 0.3 is 5.97 Å². The summed E-state index contributed by atoms with van der Waals surface area (Å²) < 4.78 is 4.76. The Kier molecular flexibility index (Phi) is 4.95. The minimum absolute atomic E-state index is 0.0357. The molecule has 1 aromatic rings. The van der Waals surface area contributed by atoms with Gasteiger partial charge in [-0.3, -0.25) is 9.59 Å². The van der Waals surface area contributed by atoms with Crippen LogP contribution in [0.2, 0.25) is 0 Å². The van der Waals surface area contributed by atoms with Crippen LogP contribution in [0.25, 0.3) is 6.08 Å². The number of carbonyl (C=O) groups excluding carboxylic acids is 2. The maximum Gasteiger partial charge on any atom is 0.310 e. The van der Waals surface area contributed by atoms with Crippen molar-refractivity contribution in [1.29, 1.82) is 0 Å². The highest BCUT2D eigenvalue weighted by Crippen LogP contribution is 2.20. The maximum atomic E-state index is 12.2. The first-order chi connectivity index (χ1) is 9.61. The number of ether oxygens (including phenoxy) is 1. The van der Waals surface area contributed by atoms with Crippen molar-refractivity contribution in [3.63, 3.8) is 0 Å². The minimum Gasteiger partial charge on any atom is -0.469 e. The van der Waals surface area contributed by atoms with Crippen molar-refractivity contribution in [3.8, 4) is 0 Å². The standard InChI is InChI=1S/C15H19NO3S/c1-11-7-9-20-13(11)5-6-14(17)16-8-3-4-12(10-16)15(18)19-2/h5-7,9,12H,3-4,8,10H2,1-2H3/b6-5+. The molecule has 0 saturated carbocycles. The van der Waals surface area contributed by atoms with Crippen LogP contribution in [0.3, 0.4) is 0 Å². The fraction of sp³-hybridized carbons (Fsp3) is 0.467. The zero-order chi connectivity index (χ0) is 14.5. The predicted molar refractivity (Wildman–Crippen MR) is 79.4 cm³/mol. The predicted octanol–water partition coefficient (Wildman–Crippen LogP) is 2.48. The topological polar surface area (TPSA) is 46.6 Å². The van der Waals surface area contributed by atoms with Gasteiger partial charge < -0.3 is 9.64 Å². The van der Waals surface area contributed by atoms with E-state index in [-0.39, 0.29) is 17.8 Å². The molecular formula is C15H19NO3S. The summed E-state index contributed by atoms with van der Waals surface area (Å²) in [6.45, 7) is 3.19. The molecule has 1 unspecified atom stereocenters. The molecule has 0 aromatic carbocycles. The number of hydrogen-bond acceptors (Lipinski definition) is 4. The first-order valence-electron chi connectivity index (χ1n) is 6.70. The Balaban J connectivity index is 1.97. The van der Waals surface area contributed by atoms with Gasteiger partial charge in [0.25, 0.3) is 0 Å². The number of rotatable bonds is 3. The summed E-state index contributed by atoms with van der Waals surface area (Å²) >= 11 is 1.62. The van der Waals surface area contributed by atoms with E-state index in [4.69, 9.17) is 4.74 Å². The van der Waals surface area contributed by atoms with E-state index in [2.05, 4.69) is 0 Å². The van der Waals surface area contributed by atoms with Crippen molar-refractivity contribution in [1.82, 2.24) is 4.90 Å². The third-order valence-corrected chi connectivity index (χ3v) is 4.53. The van der Waals surface area contributed by atoms with E-state index in [9.17, 15) is 9.59 Å². The van der Waals surface area contributed by atoms with Crippen molar-refractivity contribution < 1.29 is 14.3 Å². The SMILES string of the molecule is COC(=O)C1CCCN(C(=O)/C=C/c2sccc2C)C1. The Bertz CT molecular complexity index is 521. The second-order valence-electron chi connectivity index (χ2n) is 4.95. The molecular weight excluding hydrogens is 274 g/mol. The number of likely N-dealkylation sites (tertiary alicyclic amines) is 1. The molecule has 20 heavy (non-hydrogen) atoms. The molecule has 1 aliphatic rings. The van der Waals surface area contributed by atoms with Gasteiger partial charge in [0.2, 0.25) is 5.91 Å². The Morgan fingerprint density at radius 2 is 2.30 bits per heavy atom. The van der Waals surface area contributed by atoms with E-state index < -0.39 is 0 Å². The quantitative estimate of drug-likeness (QED) is 0.635. The third kappa shape index (κ3) is 3.48. The summed E-state index contributed by atoms with van der Waals surface area (Å²) in [7, 11) is 1.39. The van der Waals surface area contributed by atoms with E-state index in [0.29, 0.717) is 13.1 Å². The smallest absolute Gasteiger partial charge is 0.310 e. The molecule has 2 heterocycles. The van der Waals surface area contributed by atoms with Crippen LogP contribution >= 0.6 is 11.3 Å². The van der Waals surface area contributed by atoms with Gasteiger partial charge in [-0.05, 0) is 42.9 Å². The van der Waals surface area contributed by atoms with Crippen molar-refractivity contribution in [3.05, 3.63) is 28.0 Å². The number of aryl methyl sites for hydroxylation is 1. The van der Waals surface area contributed by atoms with Crippen LogP contribution in [0.1, 0.15) is 23.3 Å². The Labute approximate surface area is 123 Å². The van der Waals surface area contributed by atoms with Gasteiger partial charge in [-0.25, -0.2) is 0 Å². The van der Waals surface area contributed by atoms with Crippen LogP contribution < -0.4 is 0 Å². The molecule has 0 spiro atoms. The summed E-state index contributed by atoms with van der Waals surface area (Å²) in [4.78, 5) is 26.5. The van der Waals surface area contributed by atoms with Crippen molar-refractivity contribution in [2.45, 2.75) is 19.8 Å². The molecule has 4 nitrogen and oxygen atoms in total. The van der Waals surface area contributed by atoms with Crippen molar-refractivity contribution in [2.24, 2.45) is 5.92 Å². The fourth-order valence-corrected chi connectivity index (χ4v) is 3.16. The van der Waals surface area contributed by atoms with Crippen LogP contribution in [0.4, 0.5) is 0 Å². The fourth-order valence-electron chi connectivity index (χ4n) is 2.34. The minimum atomic E-state index is -0.222. The van der Waals surface area contributed by atoms with E-state index in [0.717, 1.165) is 17.7 Å². The molecule has 1 fully saturated rings. The van der Waals surface area contributed by atoms with Gasteiger partial charge in [0, 0.05) is 24.0 Å². The van der Waals surface area contributed by atoms with Gasteiger partial charge in [-0.15, -0.1) is 11.3 Å². The van der Waals surface area contributed by atoms with Crippen LogP contribution in [-0.2, 0) is 14.3 Å². The number of piperidine rings is 1. The van der Waals surface area contributed by atoms with Crippen LogP contribution in [0.15, 0.2) is 17.5 Å². The molecule has 1 amide bonds. The summed E-state index contributed by atoms with van der Waals surface area (Å²) in [5, 5.41) is 2.01. The van der Waals surface area contributed by atoms with E-state index >= 15 is 0 Å². The number of esters is 1. The molecule has 0 aliphatic carbocycles. The number of carbonyl (C=O) groups is 2. The molecule has 108 valence electrons. The molecule has 0 bridgehead atoms. The lowest BCUT2D eigenvalue weighted by Crippen LogP contribution is -2.41. The molecule has 1 aromatic heterocycles. The Morgan fingerprint density at radius 1 is 1.50 bits per heavy atom. The number of hydrogen-bond donors (Lipinski definition) is 0. The Morgan fingerprint density at radius 3 is 2.95 bits per heavy atom. The molecule has 1 atom stereocenters. The normalized spacial score (nSPS) is 19.3. The molecule has 1 saturated heterocycles. The lowest BCUT2D eigenvalue weighted by Gasteiger charge is -2.30. The van der Waals surface area contributed by atoms with Crippen LogP contribution in [-0.4, -0.2) is 37.0 Å². The lowest BCUT2D eigenvalue weighted by atomic mass is 9.98. The van der Waals surface area contributed by atoms with Gasteiger partial charge in [0.15, 0.2) is 0 Å². The summed E-state index contributed by atoms with van der Waals surface area (Å²) in [6.07, 6.45) is 5.09. The molecule has 5 heteroatoms. The molecule has 1 aliphatic heterocycles. The second-order valence-corrected chi connectivity index (χ2v) is 5.90. The number of methoxy groups -OCH3 is 1. The Hall–Kier alpha value is -1.62. The lowest BCUT2D eigenvalue weighted by molar-refractivity contribution is -0.148. The van der Waals surface area contributed by atoms with Crippen LogP contribution in [0, 0.1) is 12.8 Å². The maximum absolute atomic E-state index is 12.2. The highest BCUT2D eigenvalue weighted by atomic mass is 32.1. The number of amides is 1. The largest absolute Gasteiger partial charge is 0.469 e. The monoisotopic (exact) mass is 293 g/mol. The van der Waals surface area contributed by atoms with E-state index in [1.807, 2.05) is 24.4 Å². The van der Waals surface area contributed by atoms with Gasteiger partial charge in [0.05, 0.1) is 13.0 Å². The zero-order valence-electron chi connectivity index (χ0n) is 11.8. The first-order valence-corrected chi connectivity index (χ1v) is 7.58. The van der Waals surface area contributed by atoms with Crippen LogP contribution in [0.5, 0.6) is 0 Å². The highest BCUT2D eigenvalue weighted by Gasteiger charge is 2.28. The summed E-state index contributed by atoms with van der Waals surface area (Å²) in [5.74, 6) is -0.443. The van der Waals surface area contributed by atoms with Gasteiger partial charge in [0.1, 0.15) is 0 Å². The highest BCUT2D eigenvalue weighted by molar-refractivity contribution is 7.11.